The maximum atomic E-state index is 13.8. The molecule has 0 aliphatic heterocycles. The number of hydrogen-bond donors (Lipinski definition) is 1. The van der Waals surface area contributed by atoms with Crippen molar-refractivity contribution < 1.29 is 8.78 Å². The zero-order valence-electron chi connectivity index (χ0n) is 12.6. The molecule has 5 nitrogen and oxygen atoms in total. The number of hydrogen-bond acceptors (Lipinski definition) is 4. The quantitative estimate of drug-likeness (QED) is 0.588. The van der Waals surface area contributed by atoms with E-state index in [-0.39, 0.29) is 11.6 Å². The maximum absolute atomic E-state index is 13.8. The van der Waals surface area contributed by atoms with Crippen molar-refractivity contribution in [2.45, 2.75) is 0 Å². The summed E-state index contributed by atoms with van der Waals surface area (Å²) in [7, 11) is 0. The number of benzene rings is 1. The normalized spacial score (nSPS) is 11.0. The Morgan fingerprint density at radius 1 is 1.04 bits per heavy atom. The van der Waals surface area contributed by atoms with Gasteiger partial charge < -0.3 is 5.32 Å². The number of nitrogens with zero attached hydrogens (tertiary/aromatic N) is 4. The molecule has 0 saturated heterocycles. The summed E-state index contributed by atoms with van der Waals surface area (Å²) < 4.78 is 28.6. The predicted molar refractivity (Wildman–Crippen MR) is 90.9 cm³/mol. The van der Waals surface area contributed by atoms with Crippen molar-refractivity contribution >= 4 is 28.9 Å². The van der Waals surface area contributed by atoms with Gasteiger partial charge in [-0.2, -0.15) is 0 Å². The van der Waals surface area contributed by atoms with Crippen LogP contribution >= 0.6 is 11.6 Å². The maximum Gasteiger partial charge on any atom is 0.227 e. The van der Waals surface area contributed by atoms with E-state index in [0.717, 1.165) is 12.1 Å². The van der Waals surface area contributed by atoms with Crippen LogP contribution in [-0.4, -0.2) is 19.4 Å². The van der Waals surface area contributed by atoms with Gasteiger partial charge in [-0.15, -0.1) is 0 Å². The Labute approximate surface area is 146 Å². The highest BCUT2D eigenvalue weighted by molar-refractivity contribution is 6.32. The van der Waals surface area contributed by atoms with E-state index in [4.69, 9.17) is 11.6 Å². The van der Waals surface area contributed by atoms with Crippen molar-refractivity contribution in [3.63, 3.8) is 0 Å². The fourth-order valence-electron chi connectivity index (χ4n) is 2.46. The minimum absolute atomic E-state index is 0.0720. The molecule has 0 atom stereocenters. The summed E-state index contributed by atoms with van der Waals surface area (Å²) in [5.41, 5.74) is 1.87. The van der Waals surface area contributed by atoms with Gasteiger partial charge in [0, 0.05) is 18.5 Å². The van der Waals surface area contributed by atoms with Gasteiger partial charge in [0.2, 0.25) is 5.95 Å². The Balaban J connectivity index is 1.75. The van der Waals surface area contributed by atoms with Crippen LogP contribution in [0.15, 0.2) is 54.9 Å². The Morgan fingerprint density at radius 3 is 2.76 bits per heavy atom. The van der Waals surface area contributed by atoms with Gasteiger partial charge in [-0.3, -0.25) is 4.40 Å². The van der Waals surface area contributed by atoms with Crippen LogP contribution in [0.1, 0.15) is 0 Å². The highest BCUT2D eigenvalue weighted by atomic mass is 35.5. The molecule has 25 heavy (non-hydrogen) atoms. The van der Waals surface area contributed by atoms with Crippen molar-refractivity contribution in [3.05, 3.63) is 71.6 Å². The summed E-state index contributed by atoms with van der Waals surface area (Å²) >= 11 is 6.24. The molecule has 3 aromatic heterocycles. The van der Waals surface area contributed by atoms with Crippen LogP contribution in [0.3, 0.4) is 0 Å². The standard InChI is InChI=1S/C17H10ClF2N5/c18-16-15(25-8-2-1-3-14(25)24-16)13-6-7-21-17(23-13)22-12-5-4-10(19)9-11(12)20/h1-9H,(H,21,22,23). The van der Waals surface area contributed by atoms with Crippen molar-refractivity contribution in [3.8, 4) is 11.4 Å². The molecule has 1 aromatic carbocycles. The summed E-state index contributed by atoms with van der Waals surface area (Å²) in [5.74, 6) is -1.23. The van der Waals surface area contributed by atoms with Gasteiger partial charge in [-0.1, -0.05) is 17.7 Å². The first kappa shape index (κ1) is 15.5. The summed E-state index contributed by atoms with van der Waals surface area (Å²) in [6.07, 6.45) is 3.34. The van der Waals surface area contributed by atoms with Crippen LogP contribution in [0.2, 0.25) is 5.15 Å². The Kier molecular flexibility index (Phi) is 3.77. The first-order chi connectivity index (χ1) is 12.1. The molecule has 0 aliphatic rings. The van der Waals surface area contributed by atoms with Crippen LogP contribution in [0, 0.1) is 11.6 Å². The van der Waals surface area contributed by atoms with Gasteiger partial charge >= 0.3 is 0 Å². The average Bonchev–Trinajstić information content (AvgIpc) is 2.93. The molecule has 3 heterocycles. The molecule has 4 rings (SSSR count). The van der Waals surface area contributed by atoms with Gasteiger partial charge in [0.25, 0.3) is 0 Å². The van der Waals surface area contributed by atoms with E-state index in [1.54, 1.807) is 10.5 Å². The van der Waals surface area contributed by atoms with Gasteiger partial charge in [0.15, 0.2) is 5.15 Å². The molecule has 8 heteroatoms. The lowest BCUT2D eigenvalue weighted by atomic mass is 10.3. The van der Waals surface area contributed by atoms with Gasteiger partial charge in [0.1, 0.15) is 23.0 Å². The average molecular weight is 358 g/mol. The lowest BCUT2D eigenvalue weighted by Gasteiger charge is -2.08. The van der Waals surface area contributed by atoms with E-state index >= 15 is 0 Å². The molecular formula is C17H10ClF2N5. The van der Waals surface area contributed by atoms with Crippen LogP contribution in [0.25, 0.3) is 17.0 Å². The van der Waals surface area contributed by atoms with Crippen molar-refractivity contribution in [2.75, 3.05) is 5.32 Å². The fourth-order valence-corrected chi connectivity index (χ4v) is 2.73. The second kappa shape index (κ2) is 6.10. The number of fused-ring (bicyclic) bond motifs is 1. The topological polar surface area (TPSA) is 55.1 Å². The third-order valence-corrected chi connectivity index (χ3v) is 3.83. The van der Waals surface area contributed by atoms with E-state index in [0.29, 0.717) is 22.2 Å². The number of halogens is 3. The number of nitrogens with one attached hydrogen (secondary N) is 1. The van der Waals surface area contributed by atoms with E-state index in [9.17, 15) is 8.78 Å². The van der Waals surface area contributed by atoms with Crippen LogP contribution < -0.4 is 5.32 Å². The van der Waals surface area contributed by atoms with E-state index in [1.807, 2.05) is 24.4 Å². The zero-order chi connectivity index (χ0) is 17.4. The molecule has 0 aliphatic carbocycles. The molecule has 0 amide bonds. The second-order valence-electron chi connectivity index (χ2n) is 5.19. The van der Waals surface area contributed by atoms with Crippen LogP contribution in [0.5, 0.6) is 0 Å². The summed E-state index contributed by atoms with van der Waals surface area (Å²) in [5, 5.41) is 3.03. The third kappa shape index (κ3) is 2.89. The highest BCUT2D eigenvalue weighted by Crippen LogP contribution is 2.28. The molecule has 0 unspecified atom stereocenters. The first-order valence-electron chi connectivity index (χ1n) is 7.30. The monoisotopic (exact) mass is 357 g/mol. The molecule has 0 fully saturated rings. The molecule has 0 saturated carbocycles. The Morgan fingerprint density at radius 2 is 1.92 bits per heavy atom. The second-order valence-corrected chi connectivity index (χ2v) is 5.55. The molecule has 0 radical (unpaired) electrons. The number of imidazole rings is 1. The zero-order valence-corrected chi connectivity index (χ0v) is 13.4. The molecular weight excluding hydrogens is 348 g/mol. The van der Waals surface area contributed by atoms with Crippen LogP contribution in [-0.2, 0) is 0 Å². The number of anilines is 2. The predicted octanol–water partition coefficient (Wildman–Crippen LogP) is 4.47. The van der Waals surface area contributed by atoms with E-state index < -0.39 is 11.6 Å². The Bertz CT molecular complexity index is 1080. The van der Waals surface area contributed by atoms with Gasteiger partial charge in [0.05, 0.1) is 11.4 Å². The third-order valence-electron chi connectivity index (χ3n) is 3.56. The van der Waals surface area contributed by atoms with Gasteiger partial charge in [-0.05, 0) is 30.3 Å². The van der Waals surface area contributed by atoms with Crippen molar-refractivity contribution in [1.82, 2.24) is 19.4 Å². The SMILES string of the molecule is Fc1ccc(Nc2nccc(-c3c(Cl)nc4ccccn34)n2)c(F)c1. The molecule has 124 valence electrons. The number of rotatable bonds is 3. The van der Waals surface area contributed by atoms with Gasteiger partial charge in [-0.25, -0.2) is 23.7 Å². The van der Waals surface area contributed by atoms with E-state index in [1.165, 1.54) is 12.3 Å². The largest absolute Gasteiger partial charge is 0.322 e. The summed E-state index contributed by atoms with van der Waals surface area (Å²) in [4.78, 5) is 12.7. The van der Waals surface area contributed by atoms with Crippen LogP contribution in [0.4, 0.5) is 20.4 Å². The molecule has 0 spiro atoms. The summed E-state index contributed by atoms with van der Waals surface area (Å²) in [6, 6.07) is 10.4. The minimum atomic E-state index is -0.734. The molecule has 1 N–H and O–H groups in total. The fraction of sp³-hybridized carbons (Fsp3) is 0. The highest BCUT2D eigenvalue weighted by Gasteiger charge is 2.14. The molecule has 0 bridgehead atoms. The number of aromatic nitrogens is 4. The Hall–Kier alpha value is -3.06. The lowest BCUT2D eigenvalue weighted by molar-refractivity contribution is 0.586. The van der Waals surface area contributed by atoms with Crippen molar-refractivity contribution in [1.29, 1.82) is 0 Å². The first-order valence-corrected chi connectivity index (χ1v) is 7.68. The number of pyridine rings is 1. The lowest BCUT2D eigenvalue weighted by Crippen LogP contribution is -2.01. The van der Waals surface area contributed by atoms with Crippen molar-refractivity contribution in [2.24, 2.45) is 0 Å². The molecule has 4 aromatic rings. The minimum Gasteiger partial charge on any atom is -0.322 e. The summed E-state index contributed by atoms with van der Waals surface area (Å²) in [6.45, 7) is 0. The smallest absolute Gasteiger partial charge is 0.227 e. The van der Waals surface area contributed by atoms with E-state index in [2.05, 4.69) is 20.3 Å².